The number of carbonyl (C=O) groups excluding carboxylic acids is 1. The van der Waals surface area contributed by atoms with Crippen LogP contribution in [0.3, 0.4) is 0 Å². The molecule has 2 aromatic heterocycles. The number of likely N-dealkylation sites (tertiary alicyclic amines) is 1. The van der Waals surface area contributed by atoms with E-state index in [1.165, 1.54) is 5.69 Å². The number of nitrogens with one attached hydrogen (secondary N) is 1. The molecule has 0 unspecified atom stereocenters. The minimum atomic E-state index is -0.0982. The number of rotatable bonds is 4. The number of amides is 1. The van der Waals surface area contributed by atoms with Gasteiger partial charge in [0.15, 0.2) is 0 Å². The molecule has 1 aliphatic rings. The summed E-state index contributed by atoms with van der Waals surface area (Å²) in [5, 5.41) is 6.86. The second-order valence-corrected chi connectivity index (χ2v) is 7.55. The molecule has 1 atom stereocenters. The third kappa shape index (κ3) is 3.53. The predicted octanol–water partition coefficient (Wildman–Crippen LogP) is 3.09. The Labute approximate surface area is 142 Å². The van der Waals surface area contributed by atoms with E-state index in [0.717, 1.165) is 25.1 Å². The molecule has 1 saturated heterocycles. The molecule has 6 nitrogen and oxygen atoms in total. The highest BCUT2D eigenvalue weighted by atomic mass is 16.5. The van der Waals surface area contributed by atoms with Crippen LogP contribution in [0, 0.1) is 0 Å². The summed E-state index contributed by atoms with van der Waals surface area (Å²) >= 11 is 0. The van der Waals surface area contributed by atoms with Crippen LogP contribution in [0.2, 0.25) is 0 Å². The second kappa shape index (κ2) is 6.43. The second-order valence-electron chi connectivity index (χ2n) is 7.55. The third-order valence-corrected chi connectivity index (χ3v) is 4.58. The molecule has 3 heterocycles. The van der Waals surface area contributed by atoms with Crippen LogP contribution in [0.1, 0.15) is 51.0 Å². The highest BCUT2D eigenvalue weighted by Gasteiger charge is 2.29. The van der Waals surface area contributed by atoms with E-state index in [2.05, 4.69) is 66.1 Å². The fraction of sp³-hybridized carbons (Fsp3) is 0.556. The van der Waals surface area contributed by atoms with E-state index >= 15 is 0 Å². The molecule has 1 fully saturated rings. The van der Waals surface area contributed by atoms with E-state index in [0.29, 0.717) is 18.5 Å². The van der Waals surface area contributed by atoms with Crippen molar-refractivity contribution in [3.05, 3.63) is 35.8 Å². The van der Waals surface area contributed by atoms with Crippen molar-refractivity contribution in [2.75, 3.05) is 18.4 Å². The monoisotopic (exact) mass is 330 g/mol. The van der Waals surface area contributed by atoms with Crippen LogP contribution in [0.15, 0.2) is 28.9 Å². The number of aryl methyl sites for hydroxylation is 1. The van der Waals surface area contributed by atoms with E-state index in [1.54, 1.807) is 6.07 Å². The first kappa shape index (κ1) is 16.8. The Balaban J connectivity index is 1.62. The average Bonchev–Trinajstić information content (AvgIpc) is 3.19. The van der Waals surface area contributed by atoms with Crippen LogP contribution in [-0.4, -0.2) is 33.6 Å². The molecule has 0 aliphatic carbocycles. The van der Waals surface area contributed by atoms with Crippen LogP contribution in [0.4, 0.5) is 5.88 Å². The van der Waals surface area contributed by atoms with Gasteiger partial charge in [0.05, 0.1) is 18.3 Å². The van der Waals surface area contributed by atoms with E-state index in [-0.39, 0.29) is 11.3 Å². The zero-order chi connectivity index (χ0) is 17.3. The fourth-order valence-corrected chi connectivity index (χ4v) is 3.22. The number of hydrogen-bond donors (Lipinski definition) is 1. The maximum Gasteiger partial charge on any atom is 0.240 e. The number of hydrogen-bond acceptors (Lipinski definition) is 4. The standard InChI is InChI=1S/C18H26N4O2/c1-18(2,3)15-11-17(24-20-15)19-16(23)12-22-10-6-8-14(22)13-7-5-9-21(13)4/h5,7,9,11,14H,6,8,10,12H2,1-4H3,(H,19,23)/t14-/m0/s1. The highest BCUT2D eigenvalue weighted by Crippen LogP contribution is 2.31. The Morgan fingerprint density at radius 2 is 2.25 bits per heavy atom. The lowest BCUT2D eigenvalue weighted by Crippen LogP contribution is -2.33. The molecule has 24 heavy (non-hydrogen) atoms. The molecular formula is C18H26N4O2. The number of aromatic nitrogens is 2. The van der Waals surface area contributed by atoms with Crippen molar-refractivity contribution in [3.8, 4) is 0 Å². The molecular weight excluding hydrogens is 304 g/mol. The lowest BCUT2D eigenvalue weighted by molar-refractivity contribution is -0.117. The molecule has 1 aliphatic heterocycles. The van der Waals surface area contributed by atoms with Crippen molar-refractivity contribution >= 4 is 11.8 Å². The fourth-order valence-electron chi connectivity index (χ4n) is 3.22. The molecule has 0 saturated carbocycles. The van der Waals surface area contributed by atoms with Gasteiger partial charge in [0.1, 0.15) is 0 Å². The van der Waals surface area contributed by atoms with Crippen molar-refractivity contribution in [1.29, 1.82) is 0 Å². The van der Waals surface area contributed by atoms with Crippen LogP contribution < -0.4 is 5.32 Å². The molecule has 0 aromatic carbocycles. The first-order valence-corrected chi connectivity index (χ1v) is 8.47. The molecule has 2 aromatic rings. The minimum Gasteiger partial charge on any atom is -0.353 e. The predicted molar refractivity (Wildman–Crippen MR) is 92.8 cm³/mol. The Morgan fingerprint density at radius 3 is 2.88 bits per heavy atom. The Morgan fingerprint density at radius 1 is 1.46 bits per heavy atom. The summed E-state index contributed by atoms with van der Waals surface area (Å²) in [4.78, 5) is 14.6. The van der Waals surface area contributed by atoms with Gasteiger partial charge in [-0.15, -0.1) is 0 Å². The van der Waals surface area contributed by atoms with Gasteiger partial charge in [-0.25, -0.2) is 0 Å². The Kier molecular flexibility index (Phi) is 4.49. The van der Waals surface area contributed by atoms with Gasteiger partial charge >= 0.3 is 0 Å². The SMILES string of the molecule is Cn1cccc1[C@@H]1CCCN1CC(=O)Nc1cc(C(C)(C)C)no1. The van der Waals surface area contributed by atoms with Gasteiger partial charge < -0.3 is 9.09 Å². The van der Waals surface area contributed by atoms with Crippen molar-refractivity contribution in [2.45, 2.75) is 45.1 Å². The zero-order valence-corrected chi connectivity index (χ0v) is 14.9. The van der Waals surface area contributed by atoms with Crippen LogP contribution in [-0.2, 0) is 17.3 Å². The Bertz CT molecular complexity index is 711. The van der Waals surface area contributed by atoms with Gasteiger partial charge in [-0.2, -0.15) is 0 Å². The van der Waals surface area contributed by atoms with E-state index in [1.807, 2.05) is 0 Å². The molecule has 3 rings (SSSR count). The zero-order valence-electron chi connectivity index (χ0n) is 14.9. The average molecular weight is 330 g/mol. The van der Waals surface area contributed by atoms with Gasteiger partial charge in [0.2, 0.25) is 11.8 Å². The van der Waals surface area contributed by atoms with Gasteiger partial charge in [-0.1, -0.05) is 25.9 Å². The van der Waals surface area contributed by atoms with Crippen molar-refractivity contribution in [2.24, 2.45) is 7.05 Å². The van der Waals surface area contributed by atoms with Crippen molar-refractivity contribution < 1.29 is 9.32 Å². The maximum atomic E-state index is 12.4. The van der Waals surface area contributed by atoms with Crippen LogP contribution >= 0.6 is 0 Å². The lowest BCUT2D eigenvalue weighted by Gasteiger charge is -2.24. The summed E-state index contributed by atoms with van der Waals surface area (Å²) in [5.41, 5.74) is 2.00. The van der Waals surface area contributed by atoms with Gasteiger partial charge in [0, 0.05) is 30.4 Å². The normalized spacial score (nSPS) is 18.9. The highest BCUT2D eigenvalue weighted by molar-refractivity contribution is 5.91. The lowest BCUT2D eigenvalue weighted by atomic mass is 9.92. The molecule has 1 N–H and O–H groups in total. The van der Waals surface area contributed by atoms with Crippen molar-refractivity contribution in [3.63, 3.8) is 0 Å². The summed E-state index contributed by atoms with van der Waals surface area (Å²) in [6.45, 7) is 7.48. The smallest absolute Gasteiger partial charge is 0.240 e. The molecule has 1 amide bonds. The summed E-state index contributed by atoms with van der Waals surface area (Å²) in [7, 11) is 2.05. The number of carbonyl (C=O) groups is 1. The van der Waals surface area contributed by atoms with E-state index in [4.69, 9.17) is 4.52 Å². The summed E-state index contributed by atoms with van der Waals surface area (Å²) < 4.78 is 7.37. The number of nitrogens with zero attached hydrogens (tertiary/aromatic N) is 3. The maximum absolute atomic E-state index is 12.4. The van der Waals surface area contributed by atoms with Crippen LogP contribution in [0.25, 0.3) is 0 Å². The molecule has 0 bridgehead atoms. The first-order valence-electron chi connectivity index (χ1n) is 8.47. The first-order chi connectivity index (χ1) is 11.3. The molecule has 0 radical (unpaired) electrons. The molecule has 130 valence electrons. The molecule has 6 heteroatoms. The van der Waals surface area contributed by atoms with Gasteiger partial charge in [-0.05, 0) is 31.5 Å². The number of anilines is 1. The van der Waals surface area contributed by atoms with Gasteiger partial charge in [0.25, 0.3) is 0 Å². The topological polar surface area (TPSA) is 63.3 Å². The largest absolute Gasteiger partial charge is 0.353 e. The molecule has 0 spiro atoms. The van der Waals surface area contributed by atoms with E-state index in [9.17, 15) is 4.79 Å². The van der Waals surface area contributed by atoms with Crippen LogP contribution in [0.5, 0.6) is 0 Å². The Hall–Kier alpha value is -2.08. The quantitative estimate of drug-likeness (QED) is 0.936. The summed E-state index contributed by atoms with van der Waals surface area (Å²) in [6.07, 6.45) is 4.25. The minimum absolute atomic E-state index is 0.0623. The summed E-state index contributed by atoms with van der Waals surface area (Å²) in [5.74, 6) is 0.354. The van der Waals surface area contributed by atoms with Gasteiger partial charge in [-0.3, -0.25) is 15.0 Å². The van der Waals surface area contributed by atoms with Crippen molar-refractivity contribution in [1.82, 2.24) is 14.6 Å². The summed E-state index contributed by atoms with van der Waals surface area (Å²) in [6, 6.07) is 6.29. The third-order valence-electron chi connectivity index (χ3n) is 4.58. The van der Waals surface area contributed by atoms with E-state index < -0.39 is 0 Å².